The van der Waals surface area contributed by atoms with Crippen LogP contribution in [0, 0.1) is 5.41 Å². The summed E-state index contributed by atoms with van der Waals surface area (Å²) >= 11 is 0. The van der Waals surface area contributed by atoms with Crippen molar-refractivity contribution in [3.8, 4) is 0 Å². The molecular weight excluding hydrogens is 455 g/mol. The van der Waals surface area contributed by atoms with Gasteiger partial charge in [-0.3, -0.25) is 9.89 Å². The van der Waals surface area contributed by atoms with E-state index >= 15 is 0 Å². The van der Waals surface area contributed by atoms with Gasteiger partial charge in [-0.05, 0) is 32.1 Å². The number of aliphatic imine (C=N–C) groups is 1. The molecule has 3 atom stereocenters. The molecule has 1 aliphatic carbocycles. The molecule has 3 unspecified atom stereocenters. The largest absolute Gasteiger partial charge is 0.379 e. The Morgan fingerprint density at radius 3 is 2.56 bits per heavy atom. The number of nitrogens with one attached hydrogen (secondary N) is 2. The van der Waals surface area contributed by atoms with E-state index in [9.17, 15) is 0 Å². The van der Waals surface area contributed by atoms with E-state index in [0.29, 0.717) is 23.7 Å². The van der Waals surface area contributed by atoms with Gasteiger partial charge in [-0.1, -0.05) is 19.3 Å². The first-order valence-corrected chi connectivity index (χ1v) is 10.7. The van der Waals surface area contributed by atoms with Crippen LogP contribution in [0.5, 0.6) is 0 Å². The minimum Gasteiger partial charge on any atom is -0.379 e. The highest BCUT2D eigenvalue weighted by Gasteiger charge is 2.41. The highest BCUT2D eigenvalue weighted by molar-refractivity contribution is 14.0. The van der Waals surface area contributed by atoms with Crippen LogP contribution in [0.4, 0.5) is 0 Å². The van der Waals surface area contributed by atoms with E-state index in [0.717, 1.165) is 45.2 Å². The monoisotopic (exact) mass is 492 g/mol. The van der Waals surface area contributed by atoms with E-state index in [4.69, 9.17) is 9.47 Å². The predicted molar refractivity (Wildman–Crippen MR) is 119 cm³/mol. The van der Waals surface area contributed by atoms with Crippen LogP contribution in [0.15, 0.2) is 4.99 Å². The standard InChI is InChI=1S/C20H36N4O2.HI/c1-21-19(23-17-13-16-5-6-18(17)26-16)22-14-20(7-3-2-4-8-20)15-24-9-11-25-12-10-24;/h16-18H,2-15H2,1H3,(H2,21,22,23);1H. The van der Waals surface area contributed by atoms with Gasteiger partial charge in [-0.25, -0.2) is 0 Å². The maximum atomic E-state index is 5.98. The van der Waals surface area contributed by atoms with E-state index in [1.807, 2.05) is 7.05 Å². The van der Waals surface area contributed by atoms with E-state index in [-0.39, 0.29) is 24.0 Å². The van der Waals surface area contributed by atoms with Crippen molar-refractivity contribution >= 4 is 29.9 Å². The lowest BCUT2D eigenvalue weighted by Crippen LogP contribution is -2.53. The third-order valence-electron chi connectivity index (χ3n) is 6.86. The molecule has 2 N–H and O–H groups in total. The van der Waals surface area contributed by atoms with Crippen LogP contribution < -0.4 is 10.6 Å². The van der Waals surface area contributed by atoms with Gasteiger partial charge in [-0.2, -0.15) is 0 Å². The molecule has 0 spiro atoms. The molecule has 0 aromatic heterocycles. The Morgan fingerprint density at radius 1 is 1.15 bits per heavy atom. The van der Waals surface area contributed by atoms with E-state index in [1.54, 1.807) is 0 Å². The van der Waals surface area contributed by atoms with Gasteiger partial charge in [0.15, 0.2) is 5.96 Å². The number of hydrogen-bond donors (Lipinski definition) is 2. The Morgan fingerprint density at radius 2 is 1.93 bits per heavy atom. The molecule has 4 rings (SSSR count). The average molecular weight is 492 g/mol. The normalized spacial score (nSPS) is 33.5. The summed E-state index contributed by atoms with van der Waals surface area (Å²) in [6.07, 6.45) is 11.2. The zero-order valence-corrected chi connectivity index (χ0v) is 19.1. The van der Waals surface area contributed by atoms with Gasteiger partial charge in [0.2, 0.25) is 0 Å². The second-order valence-electron chi connectivity index (χ2n) is 8.74. The van der Waals surface area contributed by atoms with Crippen molar-refractivity contribution in [2.45, 2.75) is 69.6 Å². The van der Waals surface area contributed by atoms with E-state index < -0.39 is 0 Å². The fraction of sp³-hybridized carbons (Fsp3) is 0.950. The first-order valence-electron chi connectivity index (χ1n) is 10.7. The van der Waals surface area contributed by atoms with Crippen molar-refractivity contribution < 1.29 is 9.47 Å². The lowest BCUT2D eigenvalue weighted by molar-refractivity contribution is 0.00818. The smallest absolute Gasteiger partial charge is 0.191 e. The van der Waals surface area contributed by atoms with Crippen LogP contribution in [0.2, 0.25) is 0 Å². The van der Waals surface area contributed by atoms with Crippen molar-refractivity contribution in [1.29, 1.82) is 0 Å². The number of hydrogen-bond acceptors (Lipinski definition) is 4. The molecule has 27 heavy (non-hydrogen) atoms. The van der Waals surface area contributed by atoms with Crippen LogP contribution in [0.25, 0.3) is 0 Å². The number of nitrogens with zero attached hydrogens (tertiary/aromatic N) is 2. The average Bonchev–Trinajstić information content (AvgIpc) is 3.30. The molecule has 0 aromatic rings. The molecule has 0 aromatic carbocycles. The van der Waals surface area contributed by atoms with Gasteiger partial charge >= 0.3 is 0 Å². The number of fused-ring (bicyclic) bond motifs is 2. The van der Waals surface area contributed by atoms with Crippen LogP contribution in [0.1, 0.15) is 51.4 Å². The molecule has 3 saturated heterocycles. The molecule has 156 valence electrons. The highest BCUT2D eigenvalue weighted by Crippen LogP contribution is 2.37. The second kappa shape index (κ2) is 10.1. The Bertz CT molecular complexity index is 492. The first-order chi connectivity index (χ1) is 12.8. The number of guanidine groups is 1. The quantitative estimate of drug-likeness (QED) is 0.351. The van der Waals surface area contributed by atoms with E-state index in [1.165, 1.54) is 51.5 Å². The topological polar surface area (TPSA) is 58.1 Å². The first kappa shape index (κ1) is 21.6. The van der Waals surface area contributed by atoms with E-state index in [2.05, 4.69) is 20.5 Å². The SMILES string of the molecule is CN=C(NCC1(CN2CCOCC2)CCCCC1)NC1CC2CCC1O2.I. The molecule has 4 aliphatic rings. The van der Waals surface area contributed by atoms with Crippen LogP contribution in [-0.4, -0.2) is 75.5 Å². The summed E-state index contributed by atoms with van der Waals surface area (Å²) in [5.41, 5.74) is 0.373. The predicted octanol–water partition coefficient (Wildman–Crippen LogP) is 2.37. The van der Waals surface area contributed by atoms with Crippen LogP contribution >= 0.6 is 24.0 Å². The Balaban J connectivity index is 0.00000210. The zero-order chi connectivity index (χ0) is 17.8. The van der Waals surface area contributed by atoms with Crippen LogP contribution in [-0.2, 0) is 9.47 Å². The van der Waals surface area contributed by atoms with Crippen molar-refractivity contribution in [3.05, 3.63) is 0 Å². The van der Waals surface area contributed by atoms with Gasteiger partial charge in [0.05, 0.1) is 31.5 Å². The number of rotatable bonds is 5. The maximum absolute atomic E-state index is 5.98. The number of ether oxygens (including phenoxy) is 2. The Kier molecular flexibility index (Phi) is 8.05. The fourth-order valence-corrected chi connectivity index (χ4v) is 5.36. The summed E-state index contributed by atoms with van der Waals surface area (Å²) in [4.78, 5) is 7.11. The third-order valence-corrected chi connectivity index (χ3v) is 6.86. The van der Waals surface area contributed by atoms with Crippen molar-refractivity contribution in [2.75, 3.05) is 46.4 Å². The summed E-state index contributed by atoms with van der Waals surface area (Å²) < 4.78 is 11.5. The highest BCUT2D eigenvalue weighted by atomic mass is 127. The fourth-order valence-electron chi connectivity index (χ4n) is 5.36. The minimum atomic E-state index is 0. The number of halogens is 1. The maximum Gasteiger partial charge on any atom is 0.191 e. The summed E-state index contributed by atoms with van der Waals surface area (Å²) in [5.74, 6) is 0.957. The molecule has 7 heteroatoms. The molecule has 0 radical (unpaired) electrons. The van der Waals surface area contributed by atoms with Gasteiger partial charge in [0.1, 0.15) is 0 Å². The molecule has 3 heterocycles. The molecule has 2 bridgehead atoms. The van der Waals surface area contributed by atoms with Gasteiger partial charge in [0.25, 0.3) is 0 Å². The summed E-state index contributed by atoms with van der Waals surface area (Å²) in [6, 6.07) is 0.432. The molecule has 3 aliphatic heterocycles. The lowest BCUT2D eigenvalue weighted by Gasteiger charge is -2.42. The van der Waals surface area contributed by atoms with Crippen LogP contribution in [0.3, 0.4) is 0 Å². The lowest BCUT2D eigenvalue weighted by atomic mass is 9.73. The molecule has 6 nitrogen and oxygen atoms in total. The Labute approximate surface area is 181 Å². The summed E-state index contributed by atoms with van der Waals surface area (Å²) in [7, 11) is 1.89. The zero-order valence-electron chi connectivity index (χ0n) is 16.8. The van der Waals surface area contributed by atoms with Crippen molar-refractivity contribution in [3.63, 3.8) is 0 Å². The van der Waals surface area contributed by atoms with Gasteiger partial charge in [0, 0.05) is 38.6 Å². The van der Waals surface area contributed by atoms with Crippen molar-refractivity contribution in [1.82, 2.24) is 15.5 Å². The second-order valence-corrected chi connectivity index (χ2v) is 8.74. The van der Waals surface area contributed by atoms with Gasteiger partial charge in [-0.15, -0.1) is 24.0 Å². The summed E-state index contributed by atoms with van der Waals surface area (Å²) in [5, 5.41) is 7.32. The third kappa shape index (κ3) is 5.48. The van der Waals surface area contributed by atoms with Crippen molar-refractivity contribution in [2.24, 2.45) is 10.4 Å². The molecule has 1 saturated carbocycles. The Hall–Kier alpha value is -0.120. The molecule has 0 amide bonds. The minimum absolute atomic E-state index is 0. The molecular formula is C20H37IN4O2. The summed E-state index contributed by atoms with van der Waals surface area (Å²) in [6.45, 7) is 6.14. The van der Waals surface area contributed by atoms with Gasteiger partial charge < -0.3 is 20.1 Å². The molecule has 4 fully saturated rings. The number of morpholine rings is 1.